The van der Waals surface area contributed by atoms with Crippen LogP contribution in [0.2, 0.25) is 0 Å². The molecule has 1 aromatic heterocycles. The largest absolute Gasteiger partial charge is 0.497 e. The zero-order chi connectivity index (χ0) is 13.8. The van der Waals surface area contributed by atoms with Crippen molar-refractivity contribution in [2.45, 2.75) is 19.8 Å². The fraction of sp³-hybridized carbons (Fsp3) is 0.286. The molecule has 19 heavy (non-hydrogen) atoms. The fourth-order valence-electron chi connectivity index (χ4n) is 1.81. The number of rotatable bonds is 5. The lowest BCUT2D eigenvalue weighted by molar-refractivity contribution is -0.136. The average Bonchev–Trinajstić information content (AvgIpc) is 2.81. The first kappa shape index (κ1) is 13.5. The van der Waals surface area contributed by atoms with Gasteiger partial charge in [0.25, 0.3) is 0 Å². The second kappa shape index (κ2) is 5.84. The van der Waals surface area contributed by atoms with E-state index in [1.165, 1.54) is 11.3 Å². The molecule has 0 aliphatic carbocycles. The van der Waals surface area contributed by atoms with Gasteiger partial charge < -0.3 is 9.84 Å². The molecule has 0 fully saturated rings. The van der Waals surface area contributed by atoms with Gasteiger partial charge in [-0.3, -0.25) is 4.79 Å². The minimum atomic E-state index is -0.824. The molecule has 0 saturated carbocycles. The number of carbonyl (C=O) groups is 1. The zero-order valence-corrected chi connectivity index (χ0v) is 11.7. The van der Waals surface area contributed by atoms with E-state index in [1.54, 1.807) is 7.11 Å². The smallest absolute Gasteiger partial charge is 0.308 e. The number of hydrogen-bond acceptors (Lipinski definition) is 4. The van der Waals surface area contributed by atoms with E-state index in [1.807, 2.05) is 31.2 Å². The van der Waals surface area contributed by atoms with E-state index >= 15 is 0 Å². The summed E-state index contributed by atoms with van der Waals surface area (Å²) in [5.74, 6) is -0.0546. The molecule has 0 radical (unpaired) electrons. The maximum absolute atomic E-state index is 10.8. The molecular formula is C14H15NO3S. The van der Waals surface area contributed by atoms with Crippen LogP contribution in [0.15, 0.2) is 24.3 Å². The molecule has 2 rings (SSSR count). The molecule has 0 saturated heterocycles. The summed E-state index contributed by atoms with van der Waals surface area (Å²) in [7, 11) is 1.62. The highest BCUT2D eigenvalue weighted by Gasteiger charge is 2.14. The van der Waals surface area contributed by atoms with Crippen LogP contribution in [0.5, 0.6) is 5.75 Å². The van der Waals surface area contributed by atoms with Gasteiger partial charge in [0.1, 0.15) is 10.8 Å². The third-order valence-corrected chi connectivity index (χ3v) is 3.89. The van der Waals surface area contributed by atoms with Gasteiger partial charge >= 0.3 is 5.97 Å². The zero-order valence-electron chi connectivity index (χ0n) is 10.8. The number of carboxylic acid groups (broad SMARTS) is 1. The van der Waals surface area contributed by atoms with Crippen molar-refractivity contribution >= 4 is 17.3 Å². The van der Waals surface area contributed by atoms with E-state index in [4.69, 9.17) is 9.84 Å². The van der Waals surface area contributed by atoms with Gasteiger partial charge in [-0.05, 0) is 18.6 Å². The Hall–Kier alpha value is -1.88. The van der Waals surface area contributed by atoms with Gasteiger partial charge in [0.2, 0.25) is 0 Å². The lowest BCUT2D eigenvalue weighted by atomic mass is 10.2. The van der Waals surface area contributed by atoms with Crippen molar-refractivity contribution in [2.75, 3.05) is 7.11 Å². The Morgan fingerprint density at radius 3 is 2.89 bits per heavy atom. The van der Waals surface area contributed by atoms with Crippen LogP contribution in [0, 0.1) is 0 Å². The van der Waals surface area contributed by atoms with E-state index in [-0.39, 0.29) is 6.42 Å². The summed E-state index contributed by atoms with van der Waals surface area (Å²) in [4.78, 5) is 16.2. The van der Waals surface area contributed by atoms with Crippen molar-refractivity contribution in [3.05, 3.63) is 34.8 Å². The monoisotopic (exact) mass is 277 g/mol. The summed E-state index contributed by atoms with van der Waals surface area (Å²) in [6, 6.07) is 7.63. The molecule has 0 spiro atoms. The van der Waals surface area contributed by atoms with E-state index in [0.29, 0.717) is 0 Å². The Labute approximate surface area is 115 Å². The first-order valence-electron chi connectivity index (χ1n) is 5.98. The Bertz CT molecular complexity index is 592. The number of hydrogen-bond donors (Lipinski definition) is 1. The van der Waals surface area contributed by atoms with Gasteiger partial charge in [0.05, 0.1) is 19.2 Å². The summed E-state index contributed by atoms with van der Waals surface area (Å²) < 4.78 is 5.19. The first-order valence-corrected chi connectivity index (χ1v) is 6.80. The van der Waals surface area contributed by atoms with Crippen molar-refractivity contribution in [2.24, 2.45) is 0 Å². The molecule has 0 unspecified atom stereocenters. The van der Waals surface area contributed by atoms with E-state index in [9.17, 15) is 4.79 Å². The van der Waals surface area contributed by atoms with Crippen molar-refractivity contribution in [1.82, 2.24) is 4.98 Å². The molecule has 0 aliphatic heterocycles. The molecule has 0 aliphatic rings. The minimum Gasteiger partial charge on any atom is -0.497 e. The lowest BCUT2D eigenvalue weighted by Gasteiger charge is -2.01. The van der Waals surface area contributed by atoms with Crippen molar-refractivity contribution in [3.8, 4) is 16.3 Å². The minimum absolute atomic E-state index is 0.0325. The van der Waals surface area contributed by atoms with Crippen LogP contribution in [0.4, 0.5) is 0 Å². The van der Waals surface area contributed by atoms with Crippen molar-refractivity contribution < 1.29 is 14.6 Å². The molecule has 100 valence electrons. The number of benzene rings is 1. The molecule has 1 heterocycles. The van der Waals surface area contributed by atoms with E-state index < -0.39 is 5.97 Å². The third kappa shape index (κ3) is 3.12. The number of carboxylic acids is 1. The number of aromatic nitrogens is 1. The quantitative estimate of drug-likeness (QED) is 0.912. The Balaban J connectivity index is 2.39. The van der Waals surface area contributed by atoms with Gasteiger partial charge in [0.15, 0.2) is 0 Å². The average molecular weight is 277 g/mol. The van der Waals surface area contributed by atoms with Gasteiger partial charge in [-0.1, -0.05) is 19.1 Å². The second-order valence-corrected chi connectivity index (χ2v) is 5.13. The summed E-state index contributed by atoms with van der Waals surface area (Å²) in [5.41, 5.74) is 1.82. The number of thiazole rings is 1. The van der Waals surface area contributed by atoms with Gasteiger partial charge in [0, 0.05) is 10.4 Å². The maximum atomic E-state index is 10.8. The van der Waals surface area contributed by atoms with Crippen LogP contribution in [0.25, 0.3) is 10.6 Å². The van der Waals surface area contributed by atoms with Gasteiger partial charge in [-0.2, -0.15) is 0 Å². The maximum Gasteiger partial charge on any atom is 0.308 e. The highest BCUT2D eigenvalue weighted by Crippen LogP contribution is 2.30. The van der Waals surface area contributed by atoms with Gasteiger partial charge in [-0.25, -0.2) is 4.98 Å². The molecule has 0 atom stereocenters. The lowest BCUT2D eigenvalue weighted by Crippen LogP contribution is -2.00. The molecule has 1 aromatic carbocycles. The standard InChI is InChI=1S/C14H15NO3S/c1-3-11-12(8-13(16)17)19-14(15-11)9-5-4-6-10(7-9)18-2/h4-7H,3,8H2,1-2H3,(H,16,17). The highest BCUT2D eigenvalue weighted by molar-refractivity contribution is 7.15. The predicted molar refractivity (Wildman–Crippen MR) is 74.8 cm³/mol. The highest BCUT2D eigenvalue weighted by atomic mass is 32.1. The summed E-state index contributed by atoms with van der Waals surface area (Å²) >= 11 is 1.44. The van der Waals surface area contributed by atoms with Crippen LogP contribution in [-0.2, 0) is 17.6 Å². The van der Waals surface area contributed by atoms with E-state index in [2.05, 4.69) is 4.98 Å². The SMILES string of the molecule is CCc1nc(-c2cccc(OC)c2)sc1CC(=O)O. The number of ether oxygens (including phenoxy) is 1. The number of nitrogens with zero attached hydrogens (tertiary/aromatic N) is 1. The summed E-state index contributed by atoms with van der Waals surface area (Å²) in [6.45, 7) is 1.98. The second-order valence-electron chi connectivity index (χ2n) is 4.04. The number of aliphatic carboxylic acids is 1. The molecule has 4 nitrogen and oxygen atoms in total. The molecule has 0 bridgehead atoms. The van der Waals surface area contributed by atoms with Crippen molar-refractivity contribution in [3.63, 3.8) is 0 Å². The summed E-state index contributed by atoms with van der Waals surface area (Å²) in [6.07, 6.45) is 0.772. The number of methoxy groups -OCH3 is 1. The summed E-state index contributed by atoms with van der Waals surface area (Å²) in [5, 5.41) is 9.75. The van der Waals surface area contributed by atoms with Crippen LogP contribution >= 0.6 is 11.3 Å². The Morgan fingerprint density at radius 2 is 2.26 bits per heavy atom. The van der Waals surface area contributed by atoms with Crippen LogP contribution < -0.4 is 4.74 Å². The molecule has 2 aromatic rings. The number of aryl methyl sites for hydroxylation is 1. The molecule has 5 heteroatoms. The normalized spacial score (nSPS) is 10.4. The third-order valence-electron chi connectivity index (χ3n) is 2.74. The van der Waals surface area contributed by atoms with Gasteiger partial charge in [-0.15, -0.1) is 11.3 Å². The predicted octanol–water partition coefficient (Wildman–Crippen LogP) is 3.01. The Kier molecular flexibility index (Phi) is 4.16. The van der Waals surface area contributed by atoms with E-state index in [0.717, 1.165) is 33.3 Å². The molecular weight excluding hydrogens is 262 g/mol. The molecule has 0 amide bonds. The first-order chi connectivity index (χ1) is 9.13. The fourth-order valence-corrected chi connectivity index (χ4v) is 2.95. The van der Waals surface area contributed by atoms with Crippen molar-refractivity contribution in [1.29, 1.82) is 0 Å². The Morgan fingerprint density at radius 1 is 1.47 bits per heavy atom. The van der Waals surface area contributed by atoms with Crippen LogP contribution in [-0.4, -0.2) is 23.2 Å². The van der Waals surface area contributed by atoms with Crippen LogP contribution in [0.1, 0.15) is 17.5 Å². The van der Waals surface area contributed by atoms with Crippen LogP contribution in [0.3, 0.4) is 0 Å². The molecule has 1 N–H and O–H groups in total. The topological polar surface area (TPSA) is 59.4 Å².